The first kappa shape index (κ1) is 20.8. The quantitative estimate of drug-likeness (QED) is 0.260. The summed E-state index contributed by atoms with van der Waals surface area (Å²) in [6.45, 7) is 0. The Kier molecular flexibility index (Phi) is 4.96. The lowest BCUT2D eigenvalue weighted by atomic mass is 10.0. The minimum absolute atomic E-state index is 0.796. The lowest BCUT2D eigenvalue weighted by Crippen LogP contribution is -1.94. The lowest BCUT2D eigenvalue weighted by Gasteiger charge is -2.09. The maximum atomic E-state index is 5.26. The van der Waals surface area contributed by atoms with Crippen LogP contribution < -0.4 is 4.74 Å². The normalized spacial score (nSPS) is 13.2. The maximum Gasteiger partial charge on any atom is 0.197 e. The fourth-order valence-corrected chi connectivity index (χ4v) is 6.93. The van der Waals surface area contributed by atoms with Crippen LogP contribution in [0, 0.1) is 0 Å². The van der Waals surface area contributed by atoms with Gasteiger partial charge in [0.15, 0.2) is 10.8 Å². The molecule has 0 bridgehead atoms. The molecule has 6 nitrogen and oxygen atoms in total. The molecule has 1 aliphatic carbocycles. The van der Waals surface area contributed by atoms with Crippen LogP contribution in [0.1, 0.15) is 23.1 Å². The molecule has 35 heavy (non-hydrogen) atoms. The van der Waals surface area contributed by atoms with Gasteiger partial charge >= 0.3 is 0 Å². The molecule has 4 heterocycles. The number of aromatic nitrogens is 5. The van der Waals surface area contributed by atoms with Crippen LogP contribution in [0.4, 0.5) is 0 Å². The van der Waals surface area contributed by atoms with Gasteiger partial charge in [-0.25, -0.2) is 9.97 Å². The Morgan fingerprint density at radius 2 is 1.83 bits per heavy atom. The van der Waals surface area contributed by atoms with E-state index in [0.29, 0.717) is 0 Å². The molecule has 0 atom stereocenters. The van der Waals surface area contributed by atoms with Gasteiger partial charge in [0.25, 0.3) is 0 Å². The van der Waals surface area contributed by atoms with Crippen molar-refractivity contribution in [2.75, 3.05) is 7.11 Å². The van der Waals surface area contributed by atoms with Gasteiger partial charge in [-0.3, -0.25) is 4.40 Å². The van der Waals surface area contributed by atoms with Crippen molar-refractivity contribution in [3.05, 3.63) is 77.6 Å². The molecule has 172 valence electrons. The Morgan fingerprint density at radius 3 is 2.66 bits per heavy atom. The van der Waals surface area contributed by atoms with E-state index in [9.17, 15) is 0 Å². The predicted octanol–water partition coefficient (Wildman–Crippen LogP) is 6.34. The summed E-state index contributed by atoms with van der Waals surface area (Å²) < 4.78 is 8.32. The molecule has 0 unspecified atom stereocenters. The number of ether oxygens (including phenoxy) is 1. The fraction of sp³-hybridized carbons (Fsp3) is 0.185. The minimum Gasteiger partial charge on any atom is -0.497 e. The SMILES string of the molecule is COc1ccc(CSc2nnc3c4sc5nc(-c6ccccc6)c6c(c5c4ncn23)CCC6)cc1. The lowest BCUT2D eigenvalue weighted by molar-refractivity contribution is 0.414. The number of thioether (sulfide) groups is 1. The zero-order valence-corrected chi connectivity index (χ0v) is 20.7. The summed E-state index contributed by atoms with van der Waals surface area (Å²) in [5.74, 6) is 1.66. The molecule has 0 N–H and O–H groups in total. The van der Waals surface area contributed by atoms with Crippen LogP contribution in [0.5, 0.6) is 5.75 Å². The van der Waals surface area contributed by atoms with Crippen LogP contribution in [0.3, 0.4) is 0 Å². The molecule has 0 aliphatic heterocycles. The molecule has 4 aromatic heterocycles. The third-order valence-corrected chi connectivity index (χ3v) is 8.71. The Morgan fingerprint density at radius 1 is 1.00 bits per heavy atom. The molecule has 1 aliphatic rings. The molecule has 2 aromatic carbocycles. The minimum atomic E-state index is 0.796. The number of pyridine rings is 1. The largest absolute Gasteiger partial charge is 0.497 e. The van der Waals surface area contributed by atoms with Crippen molar-refractivity contribution in [3.63, 3.8) is 0 Å². The summed E-state index contributed by atoms with van der Waals surface area (Å²) in [4.78, 5) is 11.1. The monoisotopic (exact) mass is 495 g/mol. The van der Waals surface area contributed by atoms with Crippen LogP contribution in [-0.2, 0) is 18.6 Å². The molecule has 0 saturated heterocycles. The Bertz CT molecular complexity index is 1710. The molecule has 0 radical (unpaired) electrons. The van der Waals surface area contributed by atoms with E-state index in [1.165, 1.54) is 27.6 Å². The van der Waals surface area contributed by atoms with Gasteiger partial charge in [0, 0.05) is 16.7 Å². The predicted molar refractivity (Wildman–Crippen MR) is 141 cm³/mol. The maximum absolute atomic E-state index is 5.26. The van der Waals surface area contributed by atoms with Crippen LogP contribution in [0.25, 0.3) is 37.3 Å². The molecule has 8 heteroatoms. The summed E-state index contributed by atoms with van der Waals surface area (Å²) in [6, 6.07) is 18.6. The second kappa shape index (κ2) is 8.32. The van der Waals surface area contributed by atoms with Crippen molar-refractivity contribution in [1.82, 2.24) is 24.6 Å². The van der Waals surface area contributed by atoms with Crippen molar-refractivity contribution in [2.24, 2.45) is 0 Å². The summed E-state index contributed by atoms with van der Waals surface area (Å²) in [7, 11) is 1.68. The van der Waals surface area contributed by atoms with Crippen molar-refractivity contribution >= 4 is 49.2 Å². The number of aryl methyl sites for hydroxylation is 1. The first-order valence-corrected chi connectivity index (χ1v) is 13.4. The van der Waals surface area contributed by atoms with Gasteiger partial charge < -0.3 is 4.74 Å². The van der Waals surface area contributed by atoms with Gasteiger partial charge in [-0.1, -0.05) is 54.2 Å². The van der Waals surface area contributed by atoms with Gasteiger partial charge in [-0.15, -0.1) is 21.5 Å². The van der Waals surface area contributed by atoms with E-state index in [4.69, 9.17) is 14.7 Å². The average molecular weight is 496 g/mol. The average Bonchev–Trinajstić information content (AvgIpc) is 3.64. The number of hydrogen-bond donors (Lipinski definition) is 0. The zero-order chi connectivity index (χ0) is 23.4. The van der Waals surface area contributed by atoms with Gasteiger partial charge in [0.2, 0.25) is 0 Å². The highest BCUT2D eigenvalue weighted by Crippen LogP contribution is 2.43. The van der Waals surface area contributed by atoms with Crippen LogP contribution in [0.2, 0.25) is 0 Å². The number of thiophene rings is 1. The summed E-state index contributed by atoms with van der Waals surface area (Å²) in [5.41, 5.74) is 8.14. The van der Waals surface area contributed by atoms with E-state index in [0.717, 1.165) is 62.3 Å². The molecule has 0 saturated carbocycles. The molecule has 7 rings (SSSR count). The van der Waals surface area contributed by atoms with E-state index < -0.39 is 0 Å². The van der Waals surface area contributed by atoms with Gasteiger partial charge in [0.1, 0.15) is 21.6 Å². The van der Waals surface area contributed by atoms with Crippen LogP contribution in [-0.4, -0.2) is 31.7 Å². The number of fused-ring (bicyclic) bond motifs is 7. The van der Waals surface area contributed by atoms with E-state index in [1.807, 2.05) is 22.9 Å². The van der Waals surface area contributed by atoms with Gasteiger partial charge in [-0.2, -0.15) is 0 Å². The number of methoxy groups -OCH3 is 1. The zero-order valence-electron chi connectivity index (χ0n) is 19.1. The second-order valence-corrected chi connectivity index (χ2v) is 10.6. The Balaban J connectivity index is 1.33. The topological polar surface area (TPSA) is 65.2 Å². The first-order chi connectivity index (χ1) is 17.3. The standard InChI is InChI=1S/C27H21N5OS2/c1-33-18-12-10-16(11-13-18)14-34-27-31-30-25-24-23(28-15-32(25)27)21-19-8-5-9-20(19)22(29-26(21)35-24)17-6-3-2-4-7-17/h2-4,6-7,10-13,15H,5,8-9,14H2,1H3. The van der Waals surface area contributed by atoms with Gasteiger partial charge in [0.05, 0.1) is 18.3 Å². The van der Waals surface area contributed by atoms with Crippen molar-refractivity contribution in [3.8, 4) is 17.0 Å². The molecule has 0 amide bonds. The Labute approximate surface area is 210 Å². The van der Waals surface area contributed by atoms with E-state index in [1.54, 1.807) is 30.2 Å². The Hall–Kier alpha value is -3.49. The molecule has 6 aromatic rings. The molecular weight excluding hydrogens is 474 g/mol. The van der Waals surface area contributed by atoms with Crippen LogP contribution >= 0.6 is 23.1 Å². The van der Waals surface area contributed by atoms with Crippen molar-refractivity contribution in [1.29, 1.82) is 0 Å². The van der Waals surface area contributed by atoms with Crippen LogP contribution in [0.15, 0.2) is 66.1 Å². The highest BCUT2D eigenvalue weighted by atomic mass is 32.2. The third-order valence-electron chi connectivity index (χ3n) is 6.63. The highest BCUT2D eigenvalue weighted by Gasteiger charge is 2.25. The fourth-order valence-electron chi connectivity index (χ4n) is 4.94. The highest BCUT2D eigenvalue weighted by molar-refractivity contribution is 7.98. The van der Waals surface area contributed by atoms with E-state index in [-0.39, 0.29) is 0 Å². The summed E-state index contributed by atoms with van der Waals surface area (Å²) in [6.07, 6.45) is 5.17. The van der Waals surface area contributed by atoms with Gasteiger partial charge in [-0.05, 0) is 48.1 Å². The first-order valence-electron chi connectivity index (χ1n) is 11.6. The van der Waals surface area contributed by atoms with Crippen molar-refractivity contribution < 1.29 is 4.74 Å². The smallest absolute Gasteiger partial charge is 0.197 e. The number of rotatable bonds is 5. The summed E-state index contributed by atoms with van der Waals surface area (Å²) >= 11 is 3.33. The summed E-state index contributed by atoms with van der Waals surface area (Å²) in [5, 5.41) is 11.1. The third kappa shape index (κ3) is 3.39. The molecule has 0 fully saturated rings. The molecular formula is C27H21N5OS2. The van der Waals surface area contributed by atoms with E-state index in [2.05, 4.69) is 52.7 Å². The van der Waals surface area contributed by atoms with E-state index >= 15 is 0 Å². The second-order valence-electron chi connectivity index (χ2n) is 8.65. The number of hydrogen-bond acceptors (Lipinski definition) is 7. The molecule has 0 spiro atoms. The number of nitrogens with zero attached hydrogens (tertiary/aromatic N) is 5. The number of benzene rings is 2. The van der Waals surface area contributed by atoms with Crippen molar-refractivity contribution in [2.45, 2.75) is 30.2 Å².